The Bertz CT molecular complexity index is 225. The second-order valence-electron chi connectivity index (χ2n) is 5.17. The van der Waals surface area contributed by atoms with Gasteiger partial charge in [0.15, 0.2) is 0 Å². The van der Waals surface area contributed by atoms with Crippen LogP contribution in [0.1, 0.15) is 32.1 Å². The van der Waals surface area contributed by atoms with Gasteiger partial charge in [0.1, 0.15) is 6.61 Å². The molecule has 0 radical (unpaired) electrons. The number of amides is 1. The molecule has 1 fully saturated rings. The summed E-state index contributed by atoms with van der Waals surface area (Å²) in [6, 6.07) is 0.455. The van der Waals surface area contributed by atoms with Crippen LogP contribution in [-0.2, 0) is 9.53 Å². The number of nitrogens with zero attached hydrogens (tertiary/aromatic N) is 1. The SMILES string of the molecule is COCC(=O)NCC(C1CCCCC1)N(C)C. The van der Waals surface area contributed by atoms with Crippen molar-refractivity contribution in [1.29, 1.82) is 0 Å². The molecule has 1 N–H and O–H groups in total. The molecule has 1 aliphatic carbocycles. The minimum Gasteiger partial charge on any atom is -0.375 e. The number of methoxy groups -OCH3 is 1. The third-order valence-corrected chi connectivity index (χ3v) is 3.64. The zero-order chi connectivity index (χ0) is 12.7. The van der Waals surface area contributed by atoms with E-state index >= 15 is 0 Å². The first kappa shape index (κ1) is 14.5. The Balaban J connectivity index is 2.39. The molecule has 1 saturated carbocycles. The second kappa shape index (κ2) is 7.67. The predicted molar refractivity (Wildman–Crippen MR) is 68.9 cm³/mol. The van der Waals surface area contributed by atoms with Crippen LogP contribution in [0.2, 0.25) is 0 Å². The van der Waals surface area contributed by atoms with Crippen molar-refractivity contribution in [2.45, 2.75) is 38.1 Å². The Morgan fingerprint density at radius 2 is 2.00 bits per heavy atom. The lowest BCUT2D eigenvalue weighted by Gasteiger charge is -2.34. The minimum atomic E-state index is -0.0184. The smallest absolute Gasteiger partial charge is 0.246 e. The highest BCUT2D eigenvalue weighted by atomic mass is 16.5. The van der Waals surface area contributed by atoms with Gasteiger partial charge in [-0.3, -0.25) is 4.79 Å². The van der Waals surface area contributed by atoms with E-state index in [2.05, 4.69) is 24.3 Å². The van der Waals surface area contributed by atoms with Crippen LogP contribution in [0.15, 0.2) is 0 Å². The first-order chi connectivity index (χ1) is 8.15. The van der Waals surface area contributed by atoms with Gasteiger partial charge in [-0.05, 0) is 32.9 Å². The highest BCUT2D eigenvalue weighted by molar-refractivity contribution is 5.77. The summed E-state index contributed by atoms with van der Waals surface area (Å²) in [6.45, 7) is 0.894. The van der Waals surface area contributed by atoms with Crippen molar-refractivity contribution in [3.63, 3.8) is 0 Å². The Morgan fingerprint density at radius 1 is 1.35 bits per heavy atom. The van der Waals surface area contributed by atoms with Crippen LogP contribution in [0.4, 0.5) is 0 Å². The van der Waals surface area contributed by atoms with Crippen LogP contribution in [0, 0.1) is 5.92 Å². The highest BCUT2D eigenvalue weighted by Gasteiger charge is 2.25. The van der Waals surface area contributed by atoms with Gasteiger partial charge in [0.05, 0.1) is 0 Å². The normalized spacial score (nSPS) is 19.3. The van der Waals surface area contributed by atoms with Crippen molar-refractivity contribution in [3.05, 3.63) is 0 Å². The Labute approximate surface area is 105 Å². The lowest BCUT2D eigenvalue weighted by molar-refractivity contribution is -0.125. The van der Waals surface area contributed by atoms with E-state index < -0.39 is 0 Å². The maximum atomic E-state index is 11.4. The van der Waals surface area contributed by atoms with Crippen molar-refractivity contribution in [2.24, 2.45) is 5.92 Å². The van der Waals surface area contributed by atoms with Crippen molar-refractivity contribution in [1.82, 2.24) is 10.2 Å². The van der Waals surface area contributed by atoms with Crippen LogP contribution in [-0.4, -0.2) is 51.2 Å². The molecule has 0 aliphatic heterocycles. The number of hydrogen-bond donors (Lipinski definition) is 1. The quantitative estimate of drug-likeness (QED) is 0.762. The molecular weight excluding hydrogens is 216 g/mol. The number of carbonyl (C=O) groups is 1. The van der Waals surface area contributed by atoms with E-state index in [1.165, 1.54) is 32.1 Å². The van der Waals surface area contributed by atoms with E-state index in [1.807, 2.05) is 0 Å². The van der Waals surface area contributed by atoms with Gasteiger partial charge in [0.2, 0.25) is 5.91 Å². The topological polar surface area (TPSA) is 41.6 Å². The number of likely N-dealkylation sites (N-methyl/N-ethyl adjacent to an activating group) is 1. The zero-order valence-corrected chi connectivity index (χ0v) is 11.4. The maximum absolute atomic E-state index is 11.4. The summed E-state index contributed by atoms with van der Waals surface area (Å²) >= 11 is 0. The molecule has 1 amide bonds. The molecule has 100 valence electrons. The lowest BCUT2D eigenvalue weighted by Crippen LogP contribution is -2.46. The number of rotatable bonds is 6. The van der Waals surface area contributed by atoms with Crippen LogP contribution >= 0.6 is 0 Å². The molecular formula is C13H26N2O2. The fraction of sp³-hybridized carbons (Fsp3) is 0.923. The molecule has 0 heterocycles. The molecule has 0 spiro atoms. The summed E-state index contributed by atoms with van der Waals surface area (Å²) < 4.78 is 4.82. The first-order valence-electron chi connectivity index (χ1n) is 6.57. The summed E-state index contributed by atoms with van der Waals surface area (Å²) in [5.41, 5.74) is 0. The average molecular weight is 242 g/mol. The molecule has 0 aromatic heterocycles. The second-order valence-corrected chi connectivity index (χ2v) is 5.17. The number of ether oxygens (including phenoxy) is 1. The fourth-order valence-corrected chi connectivity index (χ4v) is 2.69. The summed E-state index contributed by atoms with van der Waals surface area (Å²) in [4.78, 5) is 13.6. The largest absolute Gasteiger partial charge is 0.375 e. The molecule has 0 bridgehead atoms. The van der Waals surface area contributed by atoms with E-state index in [-0.39, 0.29) is 12.5 Å². The van der Waals surface area contributed by atoms with E-state index in [1.54, 1.807) is 7.11 Å². The third-order valence-electron chi connectivity index (χ3n) is 3.64. The van der Waals surface area contributed by atoms with E-state index in [9.17, 15) is 4.79 Å². The molecule has 1 atom stereocenters. The van der Waals surface area contributed by atoms with Crippen LogP contribution in [0.5, 0.6) is 0 Å². The predicted octanol–water partition coefficient (Wildman–Crippen LogP) is 1.26. The molecule has 1 unspecified atom stereocenters. The highest BCUT2D eigenvalue weighted by Crippen LogP contribution is 2.27. The van der Waals surface area contributed by atoms with Crippen LogP contribution in [0.3, 0.4) is 0 Å². The zero-order valence-electron chi connectivity index (χ0n) is 11.4. The van der Waals surface area contributed by atoms with Gasteiger partial charge in [-0.15, -0.1) is 0 Å². The van der Waals surface area contributed by atoms with Crippen LogP contribution < -0.4 is 5.32 Å². The molecule has 0 aromatic carbocycles. The standard InChI is InChI=1S/C13H26N2O2/c1-15(2)12(9-14-13(16)10-17-3)11-7-5-4-6-8-11/h11-12H,4-10H2,1-3H3,(H,14,16). The fourth-order valence-electron chi connectivity index (χ4n) is 2.69. The van der Waals surface area contributed by atoms with Crippen molar-refractivity contribution in [2.75, 3.05) is 34.4 Å². The summed E-state index contributed by atoms with van der Waals surface area (Å²) in [5.74, 6) is 0.705. The van der Waals surface area contributed by atoms with Gasteiger partial charge in [-0.1, -0.05) is 19.3 Å². The molecule has 0 aromatic rings. The maximum Gasteiger partial charge on any atom is 0.246 e. The summed E-state index contributed by atoms with van der Waals surface area (Å²) in [6.07, 6.45) is 6.63. The van der Waals surface area contributed by atoms with Crippen LogP contribution in [0.25, 0.3) is 0 Å². The van der Waals surface area contributed by atoms with E-state index in [0.29, 0.717) is 6.04 Å². The summed E-state index contributed by atoms with van der Waals surface area (Å²) in [7, 11) is 5.74. The number of nitrogens with one attached hydrogen (secondary N) is 1. The van der Waals surface area contributed by atoms with Gasteiger partial charge >= 0.3 is 0 Å². The molecule has 17 heavy (non-hydrogen) atoms. The van der Waals surface area contributed by atoms with Gasteiger partial charge in [-0.25, -0.2) is 0 Å². The van der Waals surface area contributed by atoms with Gasteiger partial charge in [0, 0.05) is 19.7 Å². The molecule has 4 heteroatoms. The number of carbonyl (C=O) groups excluding carboxylic acids is 1. The minimum absolute atomic E-state index is 0.0184. The van der Waals surface area contributed by atoms with E-state index in [4.69, 9.17) is 4.74 Å². The Hall–Kier alpha value is -0.610. The monoisotopic (exact) mass is 242 g/mol. The van der Waals surface area contributed by atoms with Crippen molar-refractivity contribution >= 4 is 5.91 Å². The molecule has 1 rings (SSSR count). The Morgan fingerprint density at radius 3 is 2.53 bits per heavy atom. The van der Waals surface area contributed by atoms with Gasteiger partial charge in [-0.2, -0.15) is 0 Å². The lowest BCUT2D eigenvalue weighted by atomic mass is 9.83. The number of hydrogen-bond acceptors (Lipinski definition) is 3. The Kier molecular flexibility index (Phi) is 6.52. The molecule has 4 nitrogen and oxygen atoms in total. The van der Waals surface area contributed by atoms with Gasteiger partial charge < -0.3 is 15.0 Å². The van der Waals surface area contributed by atoms with Crippen molar-refractivity contribution in [3.8, 4) is 0 Å². The average Bonchev–Trinajstić information content (AvgIpc) is 2.30. The summed E-state index contributed by atoms with van der Waals surface area (Å²) in [5, 5.41) is 2.96. The third kappa shape index (κ3) is 5.04. The van der Waals surface area contributed by atoms with Crippen molar-refractivity contribution < 1.29 is 9.53 Å². The first-order valence-corrected chi connectivity index (χ1v) is 6.57. The van der Waals surface area contributed by atoms with E-state index in [0.717, 1.165) is 12.5 Å². The molecule has 0 saturated heterocycles. The molecule has 1 aliphatic rings. The van der Waals surface area contributed by atoms with Gasteiger partial charge in [0.25, 0.3) is 0 Å².